The summed E-state index contributed by atoms with van der Waals surface area (Å²) in [6, 6.07) is 7.89. The van der Waals surface area contributed by atoms with Crippen molar-refractivity contribution in [2.45, 2.75) is 71.4 Å². The summed E-state index contributed by atoms with van der Waals surface area (Å²) in [5.41, 5.74) is 1.52. The number of piperidine rings is 1. The molecule has 0 aromatic heterocycles. The number of carbonyl (C=O) groups is 1. The lowest BCUT2D eigenvalue weighted by atomic mass is 9.79. The molecule has 5 heteroatoms. The Morgan fingerprint density at radius 2 is 1.83 bits per heavy atom. The third-order valence-corrected chi connectivity index (χ3v) is 6.75. The predicted molar refractivity (Wildman–Crippen MR) is 119 cm³/mol. The topological polar surface area (TPSA) is 55.8 Å². The molecular weight excluding hydrogens is 362 g/mol. The quantitative estimate of drug-likeness (QED) is 0.652. The van der Waals surface area contributed by atoms with Crippen molar-refractivity contribution < 1.29 is 9.90 Å². The van der Waals surface area contributed by atoms with Gasteiger partial charge in [-0.05, 0) is 61.1 Å². The summed E-state index contributed by atoms with van der Waals surface area (Å²) < 4.78 is 0. The number of hydrogen-bond acceptors (Lipinski definition) is 3. The summed E-state index contributed by atoms with van der Waals surface area (Å²) >= 11 is 0. The van der Waals surface area contributed by atoms with Gasteiger partial charge in [-0.15, -0.1) is 0 Å². The highest BCUT2D eigenvalue weighted by atomic mass is 16.3. The van der Waals surface area contributed by atoms with Crippen LogP contribution in [0.3, 0.4) is 0 Å². The predicted octanol–water partition coefficient (Wildman–Crippen LogP) is 4.88. The van der Waals surface area contributed by atoms with Gasteiger partial charge in [0, 0.05) is 38.4 Å². The highest BCUT2D eigenvalue weighted by Gasteiger charge is 2.30. The molecule has 0 spiro atoms. The number of hydrogen-bond donors (Lipinski definition) is 2. The standard InChI is InChI=1S/C24H39N3O2/c1-5-14-24(2,3)22(28)19-8-10-20(11-9-19)25-23(29)26(4)21-12-15-27(16-13-21)17-18-6-7-18/h8-11,18,21-22,28H,5-7,12-17H2,1-4H3,(H,25,29). The summed E-state index contributed by atoms with van der Waals surface area (Å²) in [5, 5.41) is 13.7. The maximum Gasteiger partial charge on any atom is 0.321 e. The van der Waals surface area contributed by atoms with Gasteiger partial charge in [0.25, 0.3) is 0 Å². The van der Waals surface area contributed by atoms with Gasteiger partial charge in [0.15, 0.2) is 0 Å². The molecule has 1 unspecified atom stereocenters. The zero-order valence-corrected chi connectivity index (χ0v) is 18.7. The first-order valence-electron chi connectivity index (χ1n) is 11.3. The van der Waals surface area contributed by atoms with Gasteiger partial charge in [-0.3, -0.25) is 0 Å². The highest BCUT2D eigenvalue weighted by molar-refractivity contribution is 5.89. The fraction of sp³-hybridized carbons (Fsp3) is 0.708. The van der Waals surface area contributed by atoms with E-state index in [0.717, 1.165) is 55.9 Å². The van der Waals surface area contributed by atoms with Gasteiger partial charge in [0.2, 0.25) is 0 Å². The third kappa shape index (κ3) is 5.95. The molecule has 2 amide bonds. The molecular formula is C24H39N3O2. The Hall–Kier alpha value is -1.59. The SMILES string of the molecule is CCCC(C)(C)C(O)c1ccc(NC(=O)N(C)C2CCN(CC3CC3)CC2)cc1. The van der Waals surface area contributed by atoms with Crippen LogP contribution in [-0.2, 0) is 0 Å². The minimum atomic E-state index is -0.504. The van der Waals surface area contributed by atoms with Crippen molar-refractivity contribution in [3.05, 3.63) is 29.8 Å². The average Bonchev–Trinajstić information content (AvgIpc) is 3.52. The first-order chi connectivity index (χ1) is 13.8. The van der Waals surface area contributed by atoms with Crippen molar-refractivity contribution in [2.75, 3.05) is 32.0 Å². The van der Waals surface area contributed by atoms with Crippen LogP contribution in [0.4, 0.5) is 10.5 Å². The molecule has 1 saturated heterocycles. The van der Waals surface area contributed by atoms with Crippen LogP contribution in [0.25, 0.3) is 0 Å². The number of aliphatic hydroxyl groups excluding tert-OH is 1. The van der Waals surface area contributed by atoms with Crippen LogP contribution in [0.2, 0.25) is 0 Å². The Bertz CT molecular complexity index is 661. The Morgan fingerprint density at radius 3 is 2.38 bits per heavy atom. The second kappa shape index (κ2) is 9.48. The van der Waals surface area contributed by atoms with E-state index in [1.54, 1.807) is 0 Å². The summed E-state index contributed by atoms with van der Waals surface area (Å²) in [7, 11) is 1.90. The van der Waals surface area contributed by atoms with Crippen LogP contribution >= 0.6 is 0 Å². The fourth-order valence-corrected chi connectivity index (χ4v) is 4.51. The van der Waals surface area contributed by atoms with E-state index in [2.05, 4.69) is 31.0 Å². The molecule has 0 radical (unpaired) electrons. The minimum Gasteiger partial charge on any atom is -0.388 e. The van der Waals surface area contributed by atoms with E-state index < -0.39 is 6.10 Å². The van der Waals surface area contributed by atoms with Crippen LogP contribution in [-0.4, -0.2) is 53.7 Å². The first-order valence-corrected chi connectivity index (χ1v) is 11.3. The molecule has 29 heavy (non-hydrogen) atoms. The smallest absolute Gasteiger partial charge is 0.321 e. The van der Waals surface area contributed by atoms with Gasteiger partial charge in [0.1, 0.15) is 0 Å². The third-order valence-electron chi connectivity index (χ3n) is 6.75. The maximum absolute atomic E-state index is 12.7. The normalized spacial score (nSPS) is 19.8. The van der Waals surface area contributed by atoms with Gasteiger partial charge in [-0.2, -0.15) is 0 Å². The number of aliphatic hydroxyl groups is 1. The van der Waals surface area contributed by atoms with Gasteiger partial charge >= 0.3 is 6.03 Å². The second-order valence-corrected chi connectivity index (χ2v) is 9.78. The van der Waals surface area contributed by atoms with Crippen molar-refractivity contribution in [1.82, 2.24) is 9.80 Å². The Balaban J connectivity index is 1.49. The Morgan fingerprint density at radius 1 is 1.21 bits per heavy atom. The van der Waals surface area contributed by atoms with E-state index >= 15 is 0 Å². The lowest BCUT2D eigenvalue weighted by Gasteiger charge is -2.36. The number of amides is 2. The second-order valence-electron chi connectivity index (χ2n) is 9.78. The van der Waals surface area contributed by atoms with Crippen LogP contribution in [0.5, 0.6) is 0 Å². The van der Waals surface area contributed by atoms with E-state index in [1.807, 2.05) is 36.2 Å². The minimum absolute atomic E-state index is 0.0507. The molecule has 5 nitrogen and oxygen atoms in total. The summed E-state index contributed by atoms with van der Waals surface area (Å²) in [4.78, 5) is 17.1. The number of nitrogens with zero attached hydrogens (tertiary/aromatic N) is 2. The van der Waals surface area contributed by atoms with Crippen LogP contribution in [0, 0.1) is 11.3 Å². The van der Waals surface area contributed by atoms with Crippen molar-refractivity contribution >= 4 is 11.7 Å². The summed E-state index contributed by atoms with van der Waals surface area (Å²) in [5.74, 6) is 0.932. The van der Waals surface area contributed by atoms with E-state index in [1.165, 1.54) is 19.4 Å². The number of nitrogens with one attached hydrogen (secondary N) is 1. The largest absolute Gasteiger partial charge is 0.388 e. The fourth-order valence-electron chi connectivity index (χ4n) is 4.51. The van der Waals surface area contributed by atoms with Crippen molar-refractivity contribution in [1.29, 1.82) is 0 Å². The molecule has 1 aliphatic heterocycles. The average molecular weight is 402 g/mol. The van der Waals surface area contributed by atoms with Crippen molar-refractivity contribution in [3.8, 4) is 0 Å². The van der Waals surface area contributed by atoms with Gasteiger partial charge < -0.3 is 20.2 Å². The highest BCUT2D eigenvalue weighted by Crippen LogP contribution is 2.37. The number of benzene rings is 1. The Kier molecular flexibility index (Phi) is 7.23. The lowest BCUT2D eigenvalue weighted by Crippen LogP contribution is -2.47. The number of anilines is 1. The first kappa shape index (κ1) is 22.1. The van der Waals surface area contributed by atoms with Gasteiger partial charge in [-0.1, -0.05) is 39.3 Å². The maximum atomic E-state index is 12.7. The summed E-state index contributed by atoms with van der Waals surface area (Å²) in [6.07, 6.45) is 6.40. The molecule has 2 fully saturated rings. The zero-order valence-electron chi connectivity index (χ0n) is 18.7. The van der Waals surface area contributed by atoms with Gasteiger partial charge in [-0.25, -0.2) is 4.79 Å². The molecule has 1 saturated carbocycles. The van der Waals surface area contributed by atoms with Crippen LogP contribution < -0.4 is 5.32 Å². The van der Waals surface area contributed by atoms with Crippen LogP contribution in [0.1, 0.15) is 71.0 Å². The number of urea groups is 1. The molecule has 1 atom stereocenters. The van der Waals surface area contributed by atoms with E-state index in [0.29, 0.717) is 6.04 Å². The molecule has 1 aliphatic carbocycles. The lowest BCUT2D eigenvalue weighted by molar-refractivity contribution is 0.0425. The molecule has 162 valence electrons. The zero-order chi connectivity index (χ0) is 21.0. The molecule has 2 N–H and O–H groups in total. The van der Waals surface area contributed by atoms with Crippen molar-refractivity contribution in [2.24, 2.45) is 11.3 Å². The number of rotatable bonds is 8. The monoisotopic (exact) mass is 401 g/mol. The van der Waals surface area contributed by atoms with Crippen molar-refractivity contribution in [3.63, 3.8) is 0 Å². The van der Waals surface area contributed by atoms with Crippen LogP contribution in [0.15, 0.2) is 24.3 Å². The van der Waals surface area contributed by atoms with E-state index in [4.69, 9.17) is 0 Å². The molecule has 1 aromatic carbocycles. The van der Waals surface area contributed by atoms with E-state index in [9.17, 15) is 9.90 Å². The Labute approximate surface area is 176 Å². The molecule has 1 aromatic rings. The van der Waals surface area contributed by atoms with Gasteiger partial charge in [0.05, 0.1) is 6.10 Å². The molecule has 2 aliphatic rings. The van der Waals surface area contributed by atoms with E-state index in [-0.39, 0.29) is 11.4 Å². The molecule has 3 rings (SSSR count). The summed E-state index contributed by atoms with van der Waals surface area (Å²) in [6.45, 7) is 9.78. The molecule has 1 heterocycles. The number of carbonyl (C=O) groups excluding carboxylic acids is 1. The number of likely N-dealkylation sites (tertiary alicyclic amines) is 1. The molecule has 0 bridgehead atoms.